The van der Waals surface area contributed by atoms with Crippen molar-refractivity contribution in [1.82, 2.24) is 5.32 Å². The molecule has 4 heteroatoms. The van der Waals surface area contributed by atoms with Crippen molar-refractivity contribution >= 4 is 11.9 Å². The van der Waals surface area contributed by atoms with Crippen LogP contribution in [-0.2, 0) is 9.59 Å². The van der Waals surface area contributed by atoms with Gasteiger partial charge in [-0.15, -0.1) is 0 Å². The Labute approximate surface area is 97.4 Å². The van der Waals surface area contributed by atoms with E-state index in [0.717, 1.165) is 32.1 Å². The lowest BCUT2D eigenvalue weighted by atomic mass is 10.1. The number of unbranched alkanes of at least 4 members (excludes halogenated alkanes) is 3. The van der Waals surface area contributed by atoms with E-state index in [1.54, 1.807) is 0 Å². The second kappa shape index (κ2) is 9.19. The first-order valence-electron chi connectivity index (χ1n) is 6.14. The average molecular weight is 229 g/mol. The second-order valence-electron chi connectivity index (χ2n) is 4.06. The van der Waals surface area contributed by atoms with Gasteiger partial charge in [0.05, 0.1) is 0 Å². The molecule has 0 bridgehead atoms. The van der Waals surface area contributed by atoms with Crippen LogP contribution in [0.4, 0.5) is 0 Å². The molecule has 0 rings (SSSR count). The van der Waals surface area contributed by atoms with Crippen molar-refractivity contribution in [3.63, 3.8) is 0 Å². The SMILES string of the molecule is CCCCCCC(=O)NC(CCC)C(=O)O. The summed E-state index contributed by atoms with van der Waals surface area (Å²) >= 11 is 0. The summed E-state index contributed by atoms with van der Waals surface area (Å²) in [5.74, 6) is -1.08. The van der Waals surface area contributed by atoms with Crippen molar-refractivity contribution in [2.45, 2.75) is 64.8 Å². The first-order valence-corrected chi connectivity index (χ1v) is 6.14. The Morgan fingerprint density at radius 2 is 1.81 bits per heavy atom. The van der Waals surface area contributed by atoms with E-state index in [-0.39, 0.29) is 5.91 Å². The molecule has 0 fully saturated rings. The molecule has 0 saturated carbocycles. The number of carbonyl (C=O) groups is 2. The molecule has 4 nitrogen and oxygen atoms in total. The number of aliphatic carboxylic acids is 1. The zero-order valence-corrected chi connectivity index (χ0v) is 10.3. The van der Waals surface area contributed by atoms with E-state index in [2.05, 4.69) is 12.2 Å². The van der Waals surface area contributed by atoms with Gasteiger partial charge < -0.3 is 10.4 Å². The number of rotatable bonds is 9. The lowest BCUT2D eigenvalue weighted by Crippen LogP contribution is -2.40. The topological polar surface area (TPSA) is 66.4 Å². The molecule has 0 saturated heterocycles. The average Bonchev–Trinajstić information content (AvgIpc) is 2.23. The monoisotopic (exact) mass is 229 g/mol. The first kappa shape index (κ1) is 14.9. The highest BCUT2D eigenvalue weighted by Crippen LogP contribution is 2.03. The van der Waals surface area contributed by atoms with Gasteiger partial charge in [0, 0.05) is 6.42 Å². The molecular formula is C12H23NO3. The molecule has 0 aromatic heterocycles. The maximum atomic E-state index is 11.4. The zero-order chi connectivity index (χ0) is 12.4. The van der Waals surface area contributed by atoms with Crippen LogP contribution in [0.5, 0.6) is 0 Å². The van der Waals surface area contributed by atoms with Gasteiger partial charge in [-0.2, -0.15) is 0 Å². The molecule has 1 atom stereocenters. The summed E-state index contributed by atoms with van der Waals surface area (Å²) in [5, 5.41) is 11.4. The fraction of sp³-hybridized carbons (Fsp3) is 0.833. The Hall–Kier alpha value is -1.06. The van der Waals surface area contributed by atoms with E-state index < -0.39 is 12.0 Å². The van der Waals surface area contributed by atoms with Crippen molar-refractivity contribution in [3.05, 3.63) is 0 Å². The highest BCUT2D eigenvalue weighted by atomic mass is 16.4. The van der Waals surface area contributed by atoms with Gasteiger partial charge >= 0.3 is 5.97 Å². The minimum Gasteiger partial charge on any atom is -0.480 e. The van der Waals surface area contributed by atoms with Crippen molar-refractivity contribution in [1.29, 1.82) is 0 Å². The van der Waals surface area contributed by atoms with Gasteiger partial charge in [0.1, 0.15) is 6.04 Å². The summed E-state index contributed by atoms with van der Waals surface area (Å²) in [6.07, 6.45) is 5.84. The van der Waals surface area contributed by atoms with Crippen LogP contribution in [-0.4, -0.2) is 23.0 Å². The molecule has 0 heterocycles. The molecule has 0 aliphatic rings. The Morgan fingerprint density at radius 3 is 2.31 bits per heavy atom. The fourth-order valence-corrected chi connectivity index (χ4v) is 1.52. The first-order chi connectivity index (χ1) is 7.61. The quantitative estimate of drug-likeness (QED) is 0.596. The van der Waals surface area contributed by atoms with E-state index in [1.165, 1.54) is 0 Å². The maximum Gasteiger partial charge on any atom is 0.326 e. The fourth-order valence-electron chi connectivity index (χ4n) is 1.52. The standard InChI is InChI=1S/C12H23NO3/c1-3-5-6-7-9-11(14)13-10(8-4-2)12(15)16/h10H,3-9H2,1-2H3,(H,13,14)(H,15,16). The van der Waals surface area contributed by atoms with E-state index in [1.807, 2.05) is 6.92 Å². The van der Waals surface area contributed by atoms with Crippen LogP contribution in [0.15, 0.2) is 0 Å². The Morgan fingerprint density at radius 1 is 1.12 bits per heavy atom. The molecule has 0 spiro atoms. The van der Waals surface area contributed by atoms with Crippen LogP contribution in [0, 0.1) is 0 Å². The van der Waals surface area contributed by atoms with Crippen LogP contribution in [0.3, 0.4) is 0 Å². The molecule has 0 aromatic carbocycles. The van der Waals surface area contributed by atoms with Crippen molar-refractivity contribution in [2.24, 2.45) is 0 Å². The summed E-state index contributed by atoms with van der Waals surface area (Å²) < 4.78 is 0. The molecular weight excluding hydrogens is 206 g/mol. The third kappa shape index (κ3) is 7.26. The van der Waals surface area contributed by atoms with Gasteiger partial charge in [-0.3, -0.25) is 4.79 Å². The van der Waals surface area contributed by atoms with Crippen LogP contribution >= 0.6 is 0 Å². The molecule has 0 aliphatic carbocycles. The Balaban J connectivity index is 3.77. The number of carboxylic acid groups (broad SMARTS) is 1. The highest BCUT2D eigenvalue weighted by molar-refractivity contribution is 5.83. The number of amides is 1. The third-order valence-corrected chi connectivity index (χ3v) is 2.47. The second-order valence-corrected chi connectivity index (χ2v) is 4.06. The lowest BCUT2D eigenvalue weighted by Gasteiger charge is -2.13. The molecule has 0 aliphatic heterocycles. The van der Waals surface area contributed by atoms with Crippen molar-refractivity contribution in [2.75, 3.05) is 0 Å². The predicted molar refractivity (Wildman–Crippen MR) is 63.2 cm³/mol. The predicted octanol–water partition coefficient (Wildman–Crippen LogP) is 2.33. The van der Waals surface area contributed by atoms with Gasteiger partial charge in [-0.25, -0.2) is 4.79 Å². The normalized spacial score (nSPS) is 12.1. The van der Waals surface area contributed by atoms with Crippen LogP contribution in [0.1, 0.15) is 58.8 Å². The number of carboxylic acids is 1. The smallest absolute Gasteiger partial charge is 0.326 e. The minimum absolute atomic E-state index is 0.142. The van der Waals surface area contributed by atoms with Crippen molar-refractivity contribution in [3.8, 4) is 0 Å². The Bertz CT molecular complexity index is 216. The minimum atomic E-state index is -0.941. The van der Waals surface area contributed by atoms with Crippen molar-refractivity contribution < 1.29 is 14.7 Å². The maximum absolute atomic E-state index is 11.4. The van der Waals surface area contributed by atoms with Crippen LogP contribution < -0.4 is 5.32 Å². The summed E-state index contributed by atoms with van der Waals surface area (Å²) in [4.78, 5) is 22.2. The zero-order valence-electron chi connectivity index (χ0n) is 10.3. The molecule has 1 amide bonds. The third-order valence-electron chi connectivity index (χ3n) is 2.47. The van der Waals surface area contributed by atoms with Gasteiger partial charge in [0.15, 0.2) is 0 Å². The molecule has 0 aromatic rings. The summed E-state index contributed by atoms with van der Waals surface area (Å²) in [6, 6.07) is -0.719. The van der Waals surface area contributed by atoms with Gasteiger partial charge in [0.2, 0.25) is 5.91 Å². The van der Waals surface area contributed by atoms with E-state index in [0.29, 0.717) is 12.8 Å². The van der Waals surface area contributed by atoms with E-state index in [4.69, 9.17) is 5.11 Å². The van der Waals surface area contributed by atoms with E-state index in [9.17, 15) is 9.59 Å². The lowest BCUT2D eigenvalue weighted by molar-refractivity contribution is -0.142. The number of hydrogen-bond donors (Lipinski definition) is 2. The molecule has 0 radical (unpaired) electrons. The van der Waals surface area contributed by atoms with Gasteiger partial charge in [-0.05, 0) is 12.8 Å². The molecule has 94 valence electrons. The molecule has 1 unspecified atom stereocenters. The van der Waals surface area contributed by atoms with Crippen LogP contribution in [0.25, 0.3) is 0 Å². The molecule has 2 N–H and O–H groups in total. The number of nitrogens with one attached hydrogen (secondary N) is 1. The number of carbonyl (C=O) groups excluding carboxylic acids is 1. The summed E-state index contributed by atoms with van der Waals surface area (Å²) in [5.41, 5.74) is 0. The van der Waals surface area contributed by atoms with Gasteiger partial charge in [-0.1, -0.05) is 39.5 Å². The highest BCUT2D eigenvalue weighted by Gasteiger charge is 2.17. The largest absolute Gasteiger partial charge is 0.480 e. The summed E-state index contributed by atoms with van der Waals surface area (Å²) in [7, 11) is 0. The van der Waals surface area contributed by atoms with Gasteiger partial charge in [0.25, 0.3) is 0 Å². The Kier molecular flexibility index (Phi) is 8.58. The summed E-state index contributed by atoms with van der Waals surface area (Å²) in [6.45, 7) is 4.02. The van der Waals surface area contributed by atoms with Crippen LogP contribution in [0.2, 0.25) is 0 Å². The molecule has 16 heavy (non-hydrogen) atoms. The number of hydrogen-bond acceptors (Lipinski definition) is 2. The van der Waals surface area contributed by atoms with E-state index >= 15 is 0 Å².